The molecule has 8 saturated heterocycles. The average molecular weight is 2020 g/mol. The number of ether oxygens (including phenoxy) is 18. The fourth-order valence-corrected chi connectivity index (χ4v) is 24.6. The molecular weight excluding hydrogens is 1860 g/mol. The number of esters is 3. The highest BCUT2D eigenvalue weighted by molar-refractivity contribution is 5.80. The van der Waals surface area contributed by atoms with Gasteiger partial charge in [0, 0.05) is 12.8 Å². The monoisotopic (exact) mass is 2020 g/mol. The molecule has 804 valence electrons. The summed E-state index contributed by atoms with van der Waals surface area (Å²) in [5, 5.41) is 258. The molecule has 0 aromatic heterocycles. The molecule has 13 rings (SSSR count). The summed E-state index contributed by atoms with van der Waals surface area (Å²) >= 11 is 0. The molecule has 12 fully saturated rings. The van der Waals surface area contributed by atoms with Crippen LogP contribution in [0, 0.1) is 62.1 Å². The molecule has 0 spiro atoms. The summed E-state index contributed by atoms with van der Waals surface area (Å²) in [6.45, 7) is 19.7. The minimum atomic E-state index is -2.33. The Morgan fingerprint density at radius 2 is 1.05 bits per heavy atom. The molecule has 46 heteroatoms. The van der Waals surface area contributed by atoms with Gasteiger partial charge in [-0.2, -0.15) is 0 Å². The molecule has 18 unspecified atom stereocenters. The van der Waals surface area contributed by atoms with E-state index in [1.807, 2.05) is 34.6 Å². The van der Waals surface area contributed by atoms with E-state index in [2.05, 4.69) is 19.9 Å². The highest BCUT2D eigenvalue weighted by Crippen LogP contribution is 2.76. The third kappa shape index (κ3) is 21.7. The number of fused-ring (bicyclic) bond motifs is 7. The van der Waals surface area contributed by atoms with E-state index in [0.717, 1.165) is 11.9 Å². The summed E-state index contributed by atoms with van der Waals surface area (Å²) in [6.07, 6.45) is -67.8. The Morgan fingerprint density at radius 3 is 1.64 bits per heavy atom. The van der Waals surface area contributed by atoms with E-state index in [-0.39, 0.29) is 56.8 Å². The van der Waals surface area contributed by atoms with Crippen LogP contribution >= 0.6 is 0 Å². The summed E-state index contributed by atoms with van der Waals surface area (Å²) in [6, 6.07) is 0. The minimum absolute atomic E-state index is 0.00887. The highest BCUT2D eigenvalue weighted by Gasteiger charge is 2.74. The van der Waals surface area contributed by atoms with Crippen LogP contribution in [0.3, 0.4) is 0 Å². The lowest BCUT2D eigenvalue weighted by molar-refractivity contribution is -0.395. The van der Waals surface area contributed by atoms with Gasteiger partial charge in [-0.25, -0.2) is 4.79 Å². The number of allylic oxidation sites excluding steroid dienone is 2. The van der Waals surface area contributed by atoms with Crippen molar-refractivity contribution in [3.8, 4) is 0 Å². The van der Waals surface area contributed by atoms with Crippen LogP contribution in [-0.2, 0) is 109 Å². The maximum atomic E-state index is 16.4. The van der Waals surface area contributed by atoms with Crippen molar-refractivity contribution in [1.29, 1.82) is 0 Å². The first-order valence-corrected chi connectivity index (χ1v) is 49.3. The molecule has 4 saturated carbocycles. The van der Waals surface area contributed by atoms with Crippen molar-refractivity contribution < 1.29 is 227 Å². The van der Waals surface area contributed by atoms with Gasteiger partial charge in [0.15, 0.2) is 62.3 Å². The fraction of sp³-hybridized carbons (Fsp3) is 0.926. The number of aliphatic hydroxyl groups excluding tert-OH is 21. The van der Waals surface area contributed by atoms with Crippen LogP contribution in [0.15, 0.2) is 11.6 Å². The number of aliphatic carboxylic acids is 1. The molecule has 23 N–H and O–H groups in total. The molecule has 0 aromatic rings. The molecule has 140 heavy (non-hydrogen) atoms. The topological polar surface area (TPSA) is 717 Å². The van der Waals surface area contributed by atoms with Crippen LogP contribution in [0.5, 0.6) is 0 Å². The number of hydrogen-bond donors (Lipinski definition) is 23. The van der Waals surface area contributed by atoms with Gasteiger partial charge in [-0.15, -0.1) is 0 Å². The minimum Gasteiger partial charge on any atom is -0.479 e. The Labute approximate surface area is 810 Å². The average Bonchev–Trinajstić information content (AvgIpc) is 0.738. The van der Waals surface area contributed by atoms with Crippen LogP contribution in [0.2, 0.25) is 0 Å². The number of hydrogen-bond acceptors (Lipinski definition) is 45. The van der Waals surface area contributed by atoms with Gasteiger partial charge in [-0.05, 0) is 129 Å². The third-order valence-electron chi connectivity index (χ3n) is 33.9. The lowest BCUT2D eigenvalue weighted by Crippen LogP contribution is -2.69. The van der Waals surface area contributed by atoms with Crippen molar-refractivity contribution in [2.75, 3.05) is 33.0 Å². The molecule has 8 aliphatic heterocycles. The van der Waals surface area contributed by atoms with Crippen LogP contribution in [-0.4, -0.2) is 438 Å². The van der Waals surface area contributed by atoms with Crippen molar-refractivity contribution in [3.63, 3.8) is 0 Å². The summed E-state index contributed by atoms with van der Waals surface area (Å²) in [5.74, 6) is -7.22. The van der Waals surface area contributed by atoms with Gasteiger partial charge in [-0.3, -0.25) is 14.4 Å². The first kappa shape index (κ1) is 113. The molecule has 8 heterocycles. The molecule has 5 aliphatic carbocycles. The van der Waals surface area contributed by atoms with Gasteiger partial charge in [0.25, 0.3) is 0 Å². The largest absolute Gasteiger partial charge is 0.479 e. The van der Waals surface area contributed by atoms with Gasteiger partial charge in [-0.1, -0.05) is 101 Å². The van der Waals surface area contributed by atoms with E-state index in [4.69, 9.17) is 85.3 Å². The lowest BCUT2D eigenvalue weighted by atomic mass is 9.33. The Balaban J connectivity index is 0.751. The number of carboxylic acids is 1. The van der Waals surface area contributed by atoms with Crippen LogP contribution < -0.4 is 0 Å². The highest BCUT2D eigenvalue weighted by atomic mass is 16.8. The second-order valence-corrected chi connectivity index (χ2v) is 43.3. The Morgan fingerprint density at radius 1 is 0.507 bits per heavy atom. The molecule has 0 radical (unpaired) electrons. The quantitative estimate of drug-likeness (QED) is 0.00919. The van der Waals surface area contributed by atoms with E-state index in [1.165, 1.54) is 13.8 Å². The maximum absolute atomic E-state index is 16.4. The summed E-state index contributed by atoms with van der Waals surface area (Å²) in [5.41, 5.74) is -7.79. The number of carboxylic acid groups (broad SMARTS) is 1. The smallest absolute Gasteiger partial charge is 0.335 e. The van der Waals surface area contributed by atoms with Gasteiger partial charge in [0.1, 0.15) is 152 Å². The van der Waals surface area contributed by atoms with Crippen molar-refractivity contribution >= 4 is 30.2 Å². The molecule has 0 aromatic carbocycles. The van der Waals surface area contributed by atoms with Gasteiger partial charge in [0.2, 0.25) is 6.29 Å². The van der Waals surface area contributed by atoms with Gasteiger partial charge in [0.05, 0.1) is 100 Å². The fourth-order valence-electron chi connectivity index (χ4n) is 24.6. The zero-order valence-corrected chi connectivity index (χ0v) is 81.2. The molecular formula is C94H152O46. The molecule has 46 nitrogen and oxygen atoms in total. The van der Waals surface area contributed by atoms with E-state index in [1.54, 1.807) is 27.7 Å². The van der Waals surface area contributed by atoms with Crippen LogP contribution in [0.25, 0.3) is 0 Å². The standard InChI is InChI=1S/C94H152O46/c1-14-37(4)47(127-55(103)27-42(100)26-48(38(5)15-2)129-81-63(111)57(105)46(16-3)128-81)25-41(99)28-56(104)133-71-40(7)126-84(75(67(71)115)138-80-66(114)62(110)70(39(6)125-80)134-79-69(117)72(45(101)33-123-79)135-86-77(118)93(122,35-98)36-124-86)140-87(121)94-24-23-88(8,9)29-44(94)43-17-18-52-89(10)21-20-54(90(11,34-97)51(89)19-22-91(52,12)92(43,13)30-53(94)102)132-85-76(139-83-65(113)61(109)59(107)50(32-96)131-83)73(68(116)74(137-85)78(119)120)136-82-64(112)60(108)58(106)49(31-95)130-82/h17,34,37-42,44-54,57-77,79-86,95-96,98-102,105-118,122H,14-16,18-33,35-36H2,1-13H3,(H,119,120)/t37-,38-,39?,40?,41-,42-,44?,45?,46-,47-,48-,49?,50?,51?,52?,53+,54-,57?,58+,59-,60-,61-,62+,63?,64?,65?,66?,67?,68+,69-,70-,71+,72-,73-,74?,75+,76?,77+,79?,80-,81-,82-,83-,84-,85+,86-,89-,90-,91+,92+,93?,94+/m0/s1. The van der Waals surface area contributed by atoms with Crippen LogP contribution in [0.1, 0.15) is 193 Å². The molecule has 0 amide bonds. The SMILES string of the molecule is CC[C@@H]1O[C@@H](O[C@@H](C[C@H](O)CC(=O)O[C@@H](C[C@H](O)CC(=O)O[C@@H]2C(C)O[C@@H](OC(=O)[C@]34CCC(C)(C)CC3C3=CCC5[C@@]6(C)CC[C@H](O[C@@H]7OC(C(=O)O)[C@H](O)[C@H](O[C@@H]8OC(CO)[C@@H](O)[C@H](O)C8O)C7O[C@@H]7OC(CO)[C@H](O)[C@H](O)C7O)[C@@](C)(C=O)C6CC[C@@]5(C)[C@]3(C)C[C@H]4O)[C@H](O[C@@H]3OC(C)[C@H](OC4OCC(O)[C@H](O[C@@H]5OCC(O)(CO)[C@@H]5O)[C@@H]4O)[C@H](O)C3O)C2O)[C@@H](C)CC)[C@@H](C)CC)C(O)C1O. The summed E-state index contributed by atoms with van der Waals surface area (Å²) in [7, 11) is 0. The predicted molar refractivity (Wildman–Crippen MR) is 467 cm³/mol. The number of rotatable bonds is 36. The first-order chi connectivity index (χ1) is 65.7. The third-order valence-corrected chi connectivity index (χ3v) is 33.9. The maximum Gasteiger partial charge on any atom is 0.335 e. The Bertz CT molecular complexity index is 4150. The Kier molecular flexibility index (Phi) is 36.2. The number of aliphatic hydroxyl groups is 22. The van der Waals surface area contributed by atoms with Crippen molar-refractivity contribution in [2.24, 2.45) is 62.1 Å². The predicted octanol–water partition coefficient (Wildman–Crippen LogP) is -4.91. The lowest BCUT2D eigenvalue weighted by Gasteiger charge is -2.71. The van der Waals surface area contributed by atoms with E-state index >= 15 is 4.79 Å². The van der Waals surface area contributed by atoms with Crippen molar-refractivity contribution in [1.82, 2.24) is 0 Å². The zero-order chi connectivity index (χ0) is 103. The second kappa shape index (κ2) is 44.9. The summed E-state index contributed by atoms with van der Waals surface area (Å²) in [4.78, 5) is 72.3. The van der Waals surface area contributed by atoms with E-state index in [9.17, 15) is 137 Å². The number of carbonyl (C=O) groups excluding carboxylic acids is 4. The molecule has 13 aliphatic rings. The van der Waals surface area contributed by atoms with Crippen LogP contribution in [0.4, 0.5) is 0 Å². The van der Waals surface area contributed by atoms with E-state index in [0.29, 0.717) is 44.9 Å². The summed E-state index contributed by atoms with van der Waals surface area (Å²) < 4.78 is 109. The van der Waals surface area contributed by atoms with Gasteiger partial charge < -0.3 is 208 Å². The zero-order valence-electron chi connectivity index (χ0n) is 81.2. The second-order valence-electron chi connectivity index (χ2n) is 43.3. The van der Waals surface area contributed by atoms with Crippen molar-refractivity contribution in [3.05, 3.63) is 11.6 Å². The molecule has 0 bridgehead atoms. The van der Waals surface area contributed by atoms with Gasteiger partial charge >= 0.3 is 23.9 Å². The molecule has 52 atom stereocenters. The number of aldehydes is 1. The first-order valence-electron chi connectivity index (χ1n) is 49.3. The Hall–Kier alpha value is -4.19. The van der Waals surface area contributed by atoms with E-state index < -0.39 is 377 Å². The van der Waals surface area contributed by atoms with Crippen molar-refractivity contribution in [2.45, 2.75) is 450 Å². The number of carbonyl (C=O) groups is 5. The normalized spacial score (nSPS) is 48.8.